The Kier molecular flexibility index (Phi) is 4.29. The lowest BCUT2D eigenvalue weighted by Crippen LogP contribution is -2.50. The predicted molar refractivity (Wildman–Crippen MR) is 96.6 cm³/mol. The second-order valence-electron chi connectivity index (χ2n) is 6.99. The van der Waals surface area contributed by atoms with Crippen molar-refractivity contribution >= 4 is 11.6 Å². The molecular formula is C19H25N5O. The summed E-state index contributed by atoms with van der Waals surface area (Å²) in [7, 11) is 0. The van der Waals surface area contributed by atoms with Gasteiger partial charge in [0.05, 0.1) is 6.04 Å². The normalized spacial score (nSPS) is 20.2. The molecule has 25 heavy (non-hydrogen) atoms. The van der Waals surface area contributed by atoms with Gasteiger partial charge in [0.1, 0.15) is 11.6 Å². The second kappa shape index (κ2) is 6.59. The highest BCUT2D eigenvalue weighted by atomic mass is 16.2. The topological polar surface area (TPSA) is 63.1 Å². The summed E-state index contributed by atoms with van der Waals surface area (Å²) in [6, 6.07) is 8.29. The van der Waals surface area contributed by atoms with Gasteiger partial charge in [-0.2, -0.15) is 0 Å². The van der Waals surface area contributed by atoms with Gasteiger partial charge in [0.2, 0.25) is 5.91 Å². The van der Waals surface area contributed by atoms with Crippen LogP contribution in [-0.4, -0.2) is 39.3 Å². The molecule has 132 valence electrons. The molecule has 3 heterocycles. The Hall–Kier alpha value is -2.21. The maximum Gasteiger partial charge on any atom is 0.243 e. The van der Waals surface area contributed by atoms with Gasteiger partial charge in [-0.3, -0.25) is 4.79 Å². The van der Waals surface area contributed by atoms with Crippen LogP contribution < -0.4 is 10.2 Å². The van der Waals surface area contributed by atoms with E-state index in [9.17, 15) is 4.79 Å². The number of amides is 1. The largest absolute Gasteiger partial charge is 0.313 e. The molecule has 2 aliphatic rings. The van der Waals surface area contributed by atoms with Crippen LogP contribution in [0, 0.1) is 0 Å². The molecule has 1 aromatic heterocycles. The van der Waals surface area contributed by atoms with Gasteiger partial charge in [-0.25, -0.2) is 0 Å². The summed E-state index contributed by atoms with van der Waals surface area (Å²) in [4.78, 5) is 14.9. The van der Waals surface area contributed by atoms with Crippen LogP contribution in [0.25, 0.3) is 0 Å². The van der Waals surface area contributed by atoms with Gasteiger partial charge in [-0.05, 0) is 31.4 Å². The van der Waals surface area contributed by atoms with Crippen molar-refractivity contribution in [2.45, 2.75) is 58.2 Å². The Morgan fingerprint density at radius 2 is 2.16 bits per heavy atom. The SMILES string of the molecule is CCc1nnc2n1C[C@H](N[C@H](C)C(=O)N1CCc3ccccc31)CC2. The highest BCUT2D eigenvalue weighted by Gasteiger charge is 2.30. The lowest BCUT2D eigenvalue weighted by molar-refractivity contribution is -0.120. The Morgan fingerprint density at radius 1 is 1.32 bits per heavy atom. The summed E-state index contributed by atoms with van der Waals surface area (Å²) in [5, 5.41) is 12.1. The fourth-order valence-corrected chi connectivity index (χ4v) is 4.01. The molecule has 0 bridgehead atoms. The number of anilines is 1. The minimum Gasteiger partial charge on any atom is -0.313 e. The fourth-order valence-electron chi connectivity index (χ4n) is 4.01. The Morgan fingerprint density at radius 3 is 3.00 bits per heavy atom. The van der Waals surface area contributed by atoms with Crippen molar-refractivity contribution in [2.75, 3.05) is 11.4 Å². The third-order valence-electron chi connectivity index (χ3n) is 5.35. The minimum atomic E-state index is -0.195. The van der Waals surface area contributed by atoms with Crippen LogP contribution in [0.1, 0.15) is 37.5 Å². The van der Waals surface area contributed by atoms with Crippen molar-refractivity contribution in [3.63, 3.8) is 0 Å². The number of rotatable bonds is 4. The van der Waals surface area contributed by atoms with E-state index in [2.05, 4.69) is 33.1 Å². The van der Waals surface area contributed by atoms with Gasteiger partial charge in [0.25, 0.3) is 0 Å². The van der Waals surface area contributed by atoms with Gasteiger partial charge >= 0.3 is 0 Å². The number of benzene rings is 1. The van der Waals surface area contributed by atoms with Crippen LogP contribution in [-0.2, 0) is 30.6 Å². The highest BCUT2D eigenvalue weighted by Crippen LogP contribution is 2.28. The molecule has 4 rings (SSSR count). The van der Waals surface area contributed by atoms with Crippen molar-refractivity contribution in [2.24, 2.45) is 0 Å². The Balaban J connectivity index is 1.43. The molecule has 0 aliphatic carbocycles. The zero-order valence-corrected chi connectivity index (χ0v) is 14.9. The van der Waals surface area contributed by atoms with E-state index in [1.807, 2.05) is 30.0 Å². The summed E-state index contributed by atoms with van der Waals surface area (Å²) < 4.78 is 2.21. The van der Waals surface area contributed by atoms with Crippen LogP contribution in [0.2, 0.25) is 0 Å². The number of hydrogen-bond donors (Lipinski definition) is 1. The zero-order chi connectivity index (χ0) is 17.4. The smallest absolute Gasteiger partial charge is 0.243 e. The molecule has 2 aromatic rings. The number of fused-ring (bicyclic) bond motifs is 2. The average molecular weight is 339 g/mol. The van der Waals surface area contributed by atoms with Gasteiger partial charge in [0.15, 0.2) is 0 Å². The molecule has 6 nitrogen and oxygen atoms in total. The molecule has 2 atom stereocenters. The molecule has 6 heteroatoms. The Labute approximate surface area is 148 Å². The number of para-hydroxylation sites is 1. The van der Waals surface area contributed by atoms with E-state index in [1.54, 1.807) is 0 Å². The fraction of sp³-hybridized carbons (Fsp3) is 0.526. The lowest BCUT2D eigenvalue weighted by Gasteiger charge is -2.29. The first-order valence-corrected chi connectivity index (χ1v) is 9.23. The van der Waals surface area contributed by atoms with E-state index < -0.39 is 0 Å². The van der Waals surface area contributed by atoms with E-state index in [0.717, 1.165) is 56.1 Å². The average Bonchev–Trinajstić information content (AvgIpc) is 3.24. The molecular weight excluding hydrogens is 314 g/mol. The molecule has 0 saturated heterocycles. The second-order valence-corrected chi connectivity index (χ2v) is 6.99. The monoisotopic (exact) mass is 339 g/mol. The van der Waals surface area contributed by atoms with Crippen LogP contribution in [0.3, 0.4) is 0 Å². The van der Waals surface area contributed by atoms with Crippen LogP contribution in [0.15, 0.2) is 24.3 Å². The molecule has 1 amide bonds. The number of nitrogens with zero attached hydrogens (tertiary/aromatic N) is 4. The summed E-state index contributed by atoms with van der Waals surface area (Å²) in [6.45, 7) is 5.71. The van der Waals surface area contributed by atoms with Crippen LogP contribution in [0.4, 0.5) is 5.69 Å². The summed E-state index contributed by atoms with van der Waals surface area (Å²) >= 11 is 0. The standard InChI is InChI=1S/C19H25N5O/c1-3-17-21-22-18-9-8-15(12-24(17)18)20-13(2)19(25)23-11-10-14-6-4-5-7-16(14)23/h4-7,13,15,20H,3,8-12H2,1-2H3/t13-,15-/m1/s1. The van der Waals surface area contributed by atoms with E-state index in [0.29, 0.717) is 0 Å². The Bertz CT molecular complexity index is 770. The summed E-state index contributed by atoms with van der Waals surface area (Å²) in [5.41, 5.74) is 2.33. The number of nitrogens with one attached hydrogen (secondary N) is 1. The first-order valence-electron chi connectivity index (χ1n) is 9.23. The third-order valence-corrected chi connectivity index (χ3v) is 5.35. The predicted octanol–water partition coefficient (Wildman–Crippen LogP) is 1.72. The maximum atomic E-state index is 12.9. The molecule has 0 unspecified atom stereocenters. The van der Waals surface area contributed by atoms with Crippen molar-refractivity contribution < 1.29 is 4.79 Å². The van der Waals surface area contributed by atoms with Crippen molar-refractivity contribution in [1.82, 2.24) is 20.1 Å². The third kappa shape index (κ3) is 2.95. The first-order chi connectivity index (χ1) is 12.2. The molecule has 0 saturated carbocycles. The van der Waals surface area contributed by atoms with Crippen LogP contribution >= 0.6 is 0 Å². The molecule has 1 aromatic carbocycles. The highest BCUT2D eigenvalue weighted by molar-refractivity contribution is 5.98. The molecule has 0 spiro atoms. The van der Waals surface area contributed by atoms with Crippen molar-refractivity contribution in [3.05, 3.63) is 41.5 Å². The zero-order valence-electron chi connectivity index (χ0n) is 14.9. The first kappa shape index (κ1) is 16.3. The molecule has 0 radical (unpaired) electrons. The van der Waals surface area contributed by atoms with Gasteiger partial charge in [0, 0.05) is 37.7 Å². The van der Waals surface area contributed by atoms with Gasteiger partial charge < -0.3 is 14.8 Å². The van der Waals surface area contributed by atoms with E-state index in [1.165, 1.54) is 5.56 Å². The maximum absolute atomic E-state index is 12.9. The lowest BCUT2D eigenvalue weighted by atomic mass is 10.1. The van der Waals surface area contributed by atoms with Crippen LogP contribution in [0.5, 0.6) is 0 Å². The molecule has 2 aliphatic heterocycles. The number of carbonyl (C=O) groups excluding carboxylic acids is 1. The summed E-state index contributed by atoms with van der Waals surface area (Å²) in [5.74, 6) is 2.27. The molecule has 0 fully saturated rings. The minimum absolute atomic E-state index is 0.162. The molecule has 1 N–H and O–H groups in total. The van der Waals surface area contributed by atoms with Gasteiger partial charge in [-0.15, -0.1) is 10.2 Å². The van der Waals surface area contributed by atoms with E-state index in [4.69, 9.17) is 0 Å². The van der Waals surface area contributed by atoms with E-state index >= 15 is 0 Å². The number of aromatic nitrogens is 3. The van der Waals surface area contributed by atoms with Gasteiger partial charge in [-0.1, -0.05) is 25.1 Å². The number of hydrogen-bond acceptors (Lipinski definition) is 4. The van der Waals surface area contributed by atoms with Crippen molar-refractivity contribution in [1.29, 1.82) is 0 Å². The number of carbonyl (C=O) groups is 1. The summed E-state index contributed by atoms with van der Waals surface area (Å²) in [6.07, 6.45) is 3.74. The number of aryl methyl sites for hydroxylation is 2. The quantitative estimate of drug-likeness (QED) is 0.921. The van der Waals surface area contributed by atoms with E-state index in [-0.39, 0.29) is 18.0 Å². The van der Waals surface area contributed by atoms with Crippen molar-refractivity contribution in [3.8, 4) is 0 Å².